The number of hydrogen-bond acceptors (Lipinski definition) is 11. The minimum absolute atomic E-state index is 0.0664. The Morgan fingerprint density at radius 1 is 1.32 bits per heavy atom. The number of rotatable bonds is 10. The number of hydrogen-bond donors (Lipinski definition) is 1. The molecular weight excluding hydrogens is 508 g/mol. The van der Waals surface area contributed by atoms with Crippen LogP contribution in [0.1, 0.15) is 26.5 Å². The Labute approximate surface area is 212 Å². The third kappa shape index (κ3) is 5.84. The van der Waals surface area contributed by atoms with Crippen LogP contribution in [0.5, 0.6) is 11.6 Å². The van der Waals surface area contributed by atoms with E-state index in [0.29, 0.717) is 11.3 Å². The molecule has 5 atom stereocenters. The van der Waals surface area contributed by atoms with Crippen molar-refractivity contribution in [2.45, 2.75) is 38.3 Å². The third-order valence-electron chi connectivity index (χ3n) is 5.86. The summed E-state index contributed by atoms with van der Waals surface area (Å²) >= 11 is 0. The van der Waals surface area contributed by atoms with Crippen LogP contribution in [0, 0.1) is 5.92 Å². The standard InChI is InChI=1S/C23H29FN5O7P/c1-14(20(30)33-4)12-37(31,36-15-8-6-5-7-9-15)34-11-16-10-23(2,24)21(35-16)29-13-26-17-18(29)27-22(25)28-19(17)32-3/h5-9,13-14,16,21H,10-12H2,1-4H3,(H2,25,27,28)/t14-,16?,21?,23-,37?/m1/s1. The van der Waals surface area contributed by atoms with Crippen molar-refractivity contribution in [2.24, 2.45) is 5.92 Å². The molecule has 2 N–H and O–H groups in total. The summed E-state index contributed by atoms with van der Waals surface area (Å²) in [6.07, 6.45) is -0.866. The number of carbonyl (C=O) groups excluding carboxylic acids is 1. The molecule has 1 aromatic carbocycles. The van der Waals surface area contributed by atoms with Gasteiger partial charge in [0, 0.05) is 6.42 Å². The summed E-state index contributed by atoms with van der Waals surface area (Å²) in [6.45, 7) is 2.69. The molecule has 37 heavy (non-hydrogen) atoms. The predicted molar refractivity (Wildman–Crippen MR) is 131 cm³/mol. The van der Waals surface area contributed by atoms with Gasteiger partial charge in [-0.2, -0.15) is 9.97 Å². The minimum Gasteiger partial charge on any atom is -0.479 e. The van der Waals surface area contributed by atoms with Gasteiger partial charge in [-0.3, -0.25) is 13.9 Å². The average molecular weight is 537 g/mol. The number of halogens is 1. The topological polar surface area (TPSA) is 150 Å². The monoisotopic (exact) mass is 537 g/mol. The molecule has 3 aromatic rings. The van der Waals surface area contributed by atoms with E-state index in [-0.39, 0.29) is 36.7 Å². The quantitative estimate of drug-likeness (QED) is 0.299. The lowest BCUT2D eigenvalue weighted by Crippen LogP contribution is -2.27. The summed E-state index contributed by atoms with van der Waals surface area (Å²) in [5, 5.41) is 0. The largest absolute Gasteiger partial charge is 0.479 e. The second-order valence-corrected chi connectivity index (χ2v) is 11.0. The van der Waals surface area contributed by atoms with Crippen molar-refractivity contribution in [3.05, 3.63) is 36.7 Å². The molecule has 0 saturated carbocycles. The van der Waals surface area contributed by atoms with Gasteiger partial charge in [0.1, 0.15) is 5.75 Å². The Morgan fingerprint density at radius 2 is 2.05 bits per heavy atom. The number of nitrogens with two attached hydrogens (primary N) is 1. The van der Waals surface area contributed by atoms with Gasteiger partial charge >= 0.3 is 13.6 Å². The van der Waals surface area contributed by atoms with Crippen molar-refractivity contribution in [3.63, 3.8) is 0 Å². The van der Waals surface area contributed by atoms with E-state index < -0.39 is 37.5 Å². The van der Waals surface area contributed by atoms with Gasteiger partial charge in [0.15, 0.2) is 23.1 Å². The summed E-state index contributed by atoms with van der Waals surface area (Å²) < 4.78 is 58.1. The van der Waals surface area contributed by atoms with Gasteiger partial charge in [0.2, 0.25) is 11.8 Å². The van der Waals surface area contributed by atoms with Crippen LogP contribution in [-0.2, 0) is 23.4 Å². The van der Waals surface area contributed by atoms with Gasteiger partial charge in [-0.05, 0) is 19.1 Å². The molecular formula is C23H29FN5O7P. The van der Waals surface area contributed by atoms with Crippen molar-refractivity contribution in [2.75, 3.05) is 32.7 Å². The molecule has 0 amide bonds. The number of imidazole rings is 1. The van der Waals surface area contributed by atoms with E-state index in [1.54, 1.807) is 37.3 Å². The van der Waals surface area contributed by atoms with Gasteiger partial charge in [-0.15, -0.1) is 0 Å². The molecule has 14 heteroatoms. The molecule has 0 bridgehead atoms. The zero-order valence-electron chi connectivity index (χ0n) is 20.9. The molecule has 3 heterocycles. The number of para-hydroxylation sites is 1. The van der Waals surface area contributed by atoms with Crippen LogP contribution < -0.4 is 15.0 Å². The summed E-state index contributed by atoms with van der Waals surface area (Å²) in [4.78, 5) is 24.3. The molecule has 12 nitrogen and oxygen atoms in total. The van der Waals surface area contributed by atoms with Crippen molar-refractivity contribution >= 4 is 30.7 Å². The molecule has 0 aliphatic carbocycles. The highest BCUT2D eigenvalue weighted by Crippen LogP contribution is 2.51. The zero-order chi connectivity index (χ0) is 26.8. The number of alkyl halides is 1. The number of methoxy groups -OCH3 is 2. The summed E-state index contributed by atoms with van der Waals surface area (Å²) in [5.74, 6) is -0.931. The van der Waals surface area contributed by atoms with E-state index in [1.165, 1.54) is 32.0 Å². The van der Waals surface area contributed by atoms with E-state index in [0.717, 1.165) is 0 Å². The van der Waals surface area contributed by atoms with Crippen LogP contribution >= 0.6 is 7.60 Å². The summed E-state index contributed by atoms with van der Waals surface area (Å²) in [6, 6.07) is 8.43. The Kier molecular flexibility index (Phi) is 7.67. The highest BCUT2D eigenvalue weighted by molar-refractivity contribution is 7.54. The molecule has 3 unspecified atom stereocenters. The Morgan fingerprint density at radius 3 is 2.73 bits per heavy atom. The Bertz CT molecular complexity index is 1310. The molecule has 200 valence electrons. The van der Waals surface area contributed by atoms with Crippen LogP contribution in [0.3, 0.4) is 0 Å². The first-order valence-corrected chi connectivity index (χ1v) is 13.2. The first-order chi connectivity index (χ1) is 17.5. The molecule has 1 saturated heterocycles. The van der Waals surface area contributed by atoms with Gasteiger partial charge in [0.25, 0.3) is 0 Å². The second-order valence-electron chi connectivity index (χ2n) is 8.93. The molecule has 1 aliphatic rings. The van der Waals surface area contributed by atoms with Crippen LogP contribution in [0.25, 0.3) is 11.2 Å². The van der Waals surface area contributed by atoms with Gasteiger partial charge < -0.3 is 24.5 Å². The molecule has 4 rings (SSSR count). The van der Waals surface area contributed by atoms with Crippen molar-refractivity contribution in [1.29, 1.82) is 0 Å². The third-order valence-corrected chi connectivity index (χ3v) is 7.89. The van der Waals surface area contributed by atoms with Crippen LogP contribution in [-0.4, -0.2) is 64.2 Å². The lowest BCUT2D eigenvalue weighted by molar-refractivity contribution is -0.144. The molecule has 2 aromatic heterocycles. The minimum atomic E-state index is -3.87. The van der Waals surface area contributed by atoms with Crippen LogP contribution in [0.15, 0.2) is 36.7 Å². The normalized spacial score (nSPS) is 23.9. The first-order valence-electron chi connectivity index (χ1n) is 11.5. The highest BCUT2D eigenvalue weighted by Gasteiger charge is 2.48. The van der Waals surface area contributed by atoms with E-state index >= 15 is 4.39 Å². The number of nitrogens with zero attached hydrogens (tertiary/aromatic N) is 4. The predicted octanol–water partition coefficient (Wildman–Crippen LogP) is 3.53. The fraction of sp³-hybridized carbons (Fsp3) is 0.478. The summed E-state index contributed by atoms with van der Waals surface area (Å²) in [7, 11) is -1.22. The number of aromatic nitrogens is 4. The first kappa shape index (κ1) is 26.8. The molecule has 0 spiro atoms. The highest BCUT2D eigenvalue weighted by atomic mass is 31.2. The van der Waals surface area contributed by atoms with Crippen LogP contribution in [0.2, 0.25) is 0 Å². The number of nitrogen functional groups attached to an aromatic ring is 1. The van der Waals surface area contributed by atoms with E-state index in [1.807, 2.05) is 0 Å². The zero-order valence-corrected chi connectivity index (χ0v) is 21.8. The number of carbonyl (C=O) groups is 1. The number of fused-ring (bicyclic) bond motifs is 1. The smallest absolute Gasteiger partial charge is 0.380 e. The maximum atomic E-state index is 15.7. The maximum absolute atomic E-state index is 15.7. The van der Waals surface area contributed by atoms with Crippen molar-refractivity contribution in [1.82, 2.24) is 19.5 Å². The van der Waals surface area contributed by atoms with E-state index in [9.17, 15) is 9.36 Å². The van der Waals surface area contributed by atoms with Crippen molar-refractivity contribution < 1.29 is 37.0 Å². The fourth-order valence-corrected chi connectivity index (χ4v) is 6.05. The van der Waals surface area contributed by atoms with Crippen LogP contribution in [0.4, 0.5) is 10.3 Å². The average Bonchev–Trinajstić information content (AvgIpc) is 3.41. The van der Waals surface area contributed by atoms with Gasteiger partial charge in [-0.25, -0.2) is 13.9 Å². The second kappa shape index (κ2) is 10.6. The van der Waals surface area contributed by atoms with E-state index in [4.69, 9.17) is 29.0 Å². The fourth-order valence-electron chi connectivity index (χ4n) is 4.16. The number of anilines is 1. The maximum Gasteiger partial charge on any atom is 0.380 e. The molecule has 1 fully saturated rings. The Hall–Kier alpha value is -3.28. The Balaban J connectivity index is 1.53. The van der Waals surface area contributed by atoms with E-state index in [2.05, 4.69) is 15.0 Å². The molecule has 0 radical (unpaired) electrons. The summed E-state index contributed by atoms with van der Waals surface area (Å²) in [5.41, 5.74) is 4.45. The lowest BCUT2D eigenvalue weighted by atomic mass is 10.0. The number of benzene rings is 1. The van der Waals surface area contributed by atoms with Gasteiger partial charge in [-0.1, -0.05) is 25.1 Å². The van der Waals surface area contributed by atoms with Crippen molar-refractivity contribution in [3.8, 4) is 11.6 Å². The van der Waals surface area contributed by atoms with Gasteiger partial charge in [0.05, 0.1) is 45.3 Å². The lowest BCUT2D eigenvalue weighted by Gasteiger charge is -2.23. The molecule has 1 aliphatic heterocycles. The number of ether oxygens (including phenoxy) is 3. The number of esters is 1. The SMILES string of the molecule is COC(=O)[C@H](C)CP(=O)(OCC1C[C@@](C)(F)C(n2cnc3c(OC)nc(N)nc32)O1)Oc1ccccc1.